The molecule has 4 saturated carbocycles. The fraction of sp³-hybridized carbons (Fsp3) is 0.750. The fourth-order valence-corrected chi connectivity index (χ4v) is 9.38. The number of amides is 2. The lowest BCUT2D eigenvalue weighted by Gasteiger charge is -2.65. The molecular formula is C24H34ClN6O7P. The number of nitrogens with zero attached hydrogens (tertiary/aromatic N) is 4. The normalized spacial score (nSPS) is 39.4. The highest BCUT2D eigenvalue weighted by Crippen LogP contribution is 2.66. The Morgan fingerprint density at radius 1 is 1.15 bits per heavy atom. The van der Waals surface area contributed by atoms with E-state index in [1.807, 2.05) is 0 Å². The predicted molar refractivity (Wildman–Crippen MR) is 140 cm³/mol. The number of nitrogens with one attached hydrogen (secondary N) is 2. The van der Waals surface area contributed by atoms with E-state index in [0.717, 1.165) is 19.3 Å². The number of carbonyl (C=O) groups excluding carboxylic acids is 1. The molecule has 1 saturated heterocycles. The topological polar surface area (TPSA) is 192 Å². The minimum absolute atomic E-state index is 0.0921. The second-order valence-electron chi connectivity index (χ2n) is 12.9. The molecule has 4 bridgehead atoms. The van der Waals surface area contributed by atoms with Gasteiger partial charge in [0.15, 0.2) is 23.2 Å². The number of aliphatic hydroxyl groups is 2. The smallest absolute Gasteiger partial charge is 0.325 e. The van der Waals surface area contributed by atoms with E-state index in [2.05, 4.69) is 39.4 Å². The van der Waals surface area contributed by atoms with Crippen LogP contribution < -0.4 is 10.6 Å². The lowest BCUT2D eigenvalue weighted by atomic mass is 9.43. The van der Waals surface area contributed by atoms with Crippen LogP contribution in [0.1, 0.15) is 65.0 Å². The first-order valence-electron chi connectivity index (χ1n) is 13.2. The van der Waals surface area contributed by atoms with Crippen molar-refractivity contribution in [2.75, 3.05) is 11.5 Å². The minimum Gasteiger partial charge on any atom is -0.388 e. The number of imidazole rings is 1. The first-order chi connectivity index (χ1) is 18.2. The van der Waals surface area contributed by atoms with Crippen molar-refractivity contribution in [3.05, 3.63) is 11.6 Å². The molecule has 4 aliphatic carbocycles. The average molecular weight is 585 g/mol. The van der Waals surface area contributed by atoms with Gasteiger partial charge in [0.05, 0.1) is 18.6 Å². The van der Waals surface area contributed by atoms with Gasteiger partial charge in [0.1, 0.15) is 12.2 Å². The van der Waals surface area contributed by atoms with E-state index in [4.69, 9.17) is 16.3 Å². The highest BCUT2D eigenvalue weighted by molar-refractivity contribution is 7.51. The SMILES string of the molecule is C[C@]12C[C@@H]3C[C@](C)(C1)C[C@@](NC(=O)Nc1nc(Cl)nc4c1ncn4[C@@H]1O[C@H](CCP(=O)(O)O)C(O)[C@@H]1O)(C3)C2. The van der Waals surface area contributed by atoms with Gasteiger partial charge in [0.2, 0.25) is 5.28 Å². The van der Waals surface area contributed by atoms with Crippen LogP contribution in [0, 0.1) is 16.7 Å². The Hall–Kier alpha value is -1.86. The summed E-state index contributed by atoms with van der Waals surface area (Å²) in [6.07, 6.45) is 2.14. The van der Waals surface area contributed by atoms with Crippen LogP contribution in [-0.2, 0) is 9.30 Å². The van der Waals surface area contributed by atoms with E-state index in [9.17, 15) is 29.4 Å². The first kappa shape index (κ1) is 27.3. The number of halogens is 1. The summed E-state index contributed by atoms with van der Waals surface area (Å²) in [6.45, 7) is 4.66. The Balaban J connectivity index is 1.22. The lowest BCUT2D eigenvalue weighted by Crippen LogP contribution is -2.65. The summed E-state index contributed by atoms with van der Waals surface area (Å²) in [4.78, 5) is 44.3. The quantitative estimate of drug-likeness (QED) is 0.217. The third-order valence-corrected chi connectivity index (χ3v) is 9.96. The van der Waals surface area contributed by atoms with Crippen molar-refractivity contribution >= 4 is 42.2 Å². The van der Waals surface area contributed by atoms with Crippen LogP contribution in [0.15, 0.2) is 6.33 Å². The highest BCUT2D eigenvalue weighted by Gasteiger charge is 2.60. The van der Waals surface area contributed by atoms with Gasteiger partial charge in [-0.2, -0.15) is 9.97 Å². The molecule has 0 radical (unpaired) electrons. The van der Waals surface area contributed by atoms with Crippen molar-refractivity contribution in [2.45, 2.75) is 88.9 Å². The molecule has 39 heavy (non-hydrogen) atoms. The summed E-state index contributed by atoms with van der Waals surface area (Å²) in [5.74, 6) is 0.695. The van der Waals surface area contributed by atoms with Crippen LogP contribution in [0.25, 0.3) is 11.2 Å². The van der Waals surface area contributed by atoms with Crippen molar-refractivity contribution in [1.29, 1.82) is 0 Å². The van der Waals surface area contributed by atoms with Gasteiger partial charge >= 0.3 is 13.6 Å². The van der Waals surface area contributed by atoms with Crippen molar-refractivity contribution in [3.8, 4) is 0 Å². The highest BCUT2D eigenvalue weighted by atomic mass is 35.5. The van der Waals surface area contributed by atoms with Crippen LogP contribution in [0.3, 0.4) is 0 Å². The van der Waals surface area contributed by atoms with Gasteiger partial charge in [-0.25, -0.2) is 9.78 Å². The molecule has 0 aromatic carbocycles. The van der Waals surface area contributed by atoms with Gasteiger partial charge in [-0.3, -0.25) is 14.4 Å². The van der Waals surface area contributed by atoms with Crippen molar-refractivity contribution < 1.29 is 34.1 Å². The average Bonchev–Trinajstić information content (AvgIpc) is 3.30. The number of urea groups is 1. The predicted octanol–water partition coefficient (Wildman–Crippen LogP) is 2.54. The maximum Gasteiger partial charge on any atom is 0.325 e. The van der Waals surface area contributed by atoms with Gasteiger partial charge < -0.3 is 30.1 Å². The van der Waals surface area contributed by atoms with E-state index >= 15 is 0 Å². The first-order valence-corrected chi connectivity index (χ1v) is 15.4. The molecule has 7 rings (SSSR count). The number of aliphatic hydroxyl groups excluding tert-OH is 2. The third kappa shape index (κ3) is 5.07. The van der Waals surface area contributed by atoms with Crippen LogP contribution in [0.4, 0.5) is 10.6 Å². The lowest BCUT2D eigenvalue weighted by molar-refractivity contribution is -0.113. The summed E-state index contributed by atoms with van der Waals surface area (Å²) >= 11 is 6.20. The maximum absolute atomic E-state index is 13.3. The summed E-state index contributed by atoms with van der Waals surface area (Å²) < 4.78 is 18.4. The molecule has 0 spiro atoms. The van der Waals surface area contributed by atoms with E-state index < -0.39 is 44.3 Å². The molecule has 2 amide bonds. The molecule has 8 atom stereocenters. The zero-order chi connectivity index (χ0) is 28.0. The molecule has 13 nitrogen and oxygen atoms in total. The number of rotatable bonds is 6. The molecular weight excluding hydrogens is 551 g/mol. The van der Waals surface area contributed by atoms with Gasteiger partial charge in [-0.05, 0) is 73.3 Å². The number of aromatic nitrogens is 4. The molecule has 5 fully saturated rings. The van der Waals surface area contributed by atoms with Crippen LogP contribution in [-0.4, -0.2) is 75.6 Å². The Morgan fingerprint density at radius 3 is 2.49 bits per heavy atom. The minimum atomic E-state index is -4.32. The maximum atomic E-state index is 13.3. The van der Waals surface area contributed by atoms with Gasteiger partial charge in [-0.15, -0.1) is 0 Å². The van der Waals surface area contributed by atoms with Gasteiger partial charge in [-0.1, -0.05) is 13.8 Å². The van der Waals surface area contributed by atoms with Gasteiger partial charge in [0, 0.05) is 5.54 Å². The Morgan fingerprint density at radius 2 is 1.85 bits per heavy atom. The van der Waals surface area contributed by atoms with E-state index in [1.165, 1.54) is 30.2 Å². The number of hydrogen-bond donors (Lipinski definition) is 6. The molecule has 1 aliphatic heterocycles. The zero-order valence-corrected chi connectivity index (χ0v) is 23.4. The number of ether oxygens (including phenoxy) is 1. The third-order valence-electron chi connectivity index (χ3n) is 8.95. The standard InChI is InChI=1S/C24H34ClN6O7P/c1-22-5-12-6-23(2,8-22)10-24(7-12,9-22)30-21(34)28-17-14-18(29-20(25)27-17)31(11-26-14)19-16(33)15(32)13(38-19)3-4-39(35,36)37/h11-13,15-16,19,32-33H,3-10H2,1-2H3,(H2,35,36,37)(H2,27,28,29,30,34)/t12-,13-,15?,16+,19-,22+,23-,24-/m1/s1. The van der Waals surface area contributed by atoms with E-state index in [1.54, 1.807) is 0 Å². The molecule has 1 unspecified atom stereocenters. The second kappa shape index (κ2) is 9.07. The molecule has 214 valence electrons. The molecule has 6 N–H and O–H groups in total. The van der Waals surface area contributed by atoms with Crippen LogP contribution in [0.2, 0.25) is 5.28 Å². The van der Waals surface area contributed by atoms with Crippen LogP contribution >= 0.6 is 19.2 Å². The van der Waals surface area contributed by atoms with E-state index in [-0.39, 0.29) is 45.1 Å². The molecule has 15 heteroatoms. The summed E-state index contributed by atoms with van der Waals surface area (Å²) in [5, 5.41) is 26.9. The summed E-state index contributed by atoms with van der Waals surface area (Å²) in [6, 6.07) is -0.403. The summed E-state index contributed by atoms with van der Waals surface area (Å²) in [7, 11) is -4.32. The molecule has 2 aromatic heterocycles. The zero-order valence-electron chi connectivity index (χ0n) is 21.7. The number of anilines is 1. The molecule has 5 aliphatic rings. The van der Waals surface area contributed by atoms with Crippen molar-refractivity contribution in [3.63, 3.8) is 0 Å². The fourth-order valence-electron chi connectivity index (χ4n) is 8.62. The van der Waals surface area contributed by atoms with Gasteiger partial charge in [0.25, 0.3) is 0 Å². The largest absolute Gasteiger partial charge is 0.388 e. The number of hydrogen-bond acceptors (Lipinski definition) is 8. The molecule has 2 aromatic rings. The Labute approximate surface area is 229 Å². The van der Waals surface area contributed by atoms with E-state index in [0.29, 0.717) is 5.92 Å². The Bertz CT molecular complexity index is 1350. The van der Waals surface area contributed by atoms with Crippen molar-refractivity contribution in [2.24, 2.45) is 16.7 Å². The summed E-state index contributed by atoms with van der Waals surface area (Å²) in [5.41, 5.74) is 0.542. The van der Waals surface area contributed by atoms with Crippen LogP contribution in [0.5, 0.6) is 0 Å². The molecule has 3 heterocycles. The second-order valence-corrected chi connectivity index (χ2v) is 15.0. The number of carbonyl (C=O) groups is 1. The Kier molecular flexibility index (Phi) is 6.35. The van der Waals surface area contributed by atoms with Crippen molar-refractivity contribution in [1.82, 2.24) is 24.8 Å². The number of fused-ring (bicyclic) bond motifs is 1. The monoisotopic (exact) mass is 584 g/mol.